The van der Waals surface area contributed by atoms with Crippen LogP contribution in [0.5, 0.6) is 0 Å². The van der Waals surface area contributed by atoms with Gasteiger partial charge in [0, 0.05) is 22.9 Å². The number of imide groups is 1. The zero-order chi connectivity index (χ0) is 21.1. The highest BCUT2D eigenvalue weighted by atomic mass is 32.2. The summed E-state index contributed by atoms with van der Waals surface area (Å²) in [4.78, 5) is 39.1. The number of nitrogens with zero attached hydrogens (tertiary/aromatic N) is 1. The van der Waals surface area contributed by atoms with Crippen LogP contribution in [0.2, 0.25) is 0 Å². The molecule has 4 rings (SSSR count). The number of carbonyl (C=O) groups excluding carboxylic acids is 3. The molecule has 1 heterocycles. The first-order chi connectivity index (χ1) is 14.5. The van der Waals surface area contributed by atoms with Crippen molar-refractivity contribution in [2.24, 2.45) is 0 Å². The molecule has 0 saturated carbocycles. The molecule has 0 spiro atoms. The molecule has 3 aromatic carbocycles. The van der Waals surface area contributed by atoms with Crippen molar-refractivity contribution in [3.8, 4) is 0 Å². The number of amides is 3. The minimum Gasteiger partial charge on any atom is -0.322 e. The van der Waals surface area contributed by atoms with Crippen molar-refractivity contribution in [1.82, 2.24) is 4.90 Å². The maximum Gasteiger partial charge on any atom is 0.261 e. The molecular formula is C23H17FN2O3S. The lowest BCUT2D eigenvalue weighted by atomic mass is 10.1. The van der Waals surface area contributed by atoms with Gasteiger partial charge in [-0.3, -0.25) is 19.3 Å². The Bertz CT molecular complexity index is 1100. The minimum absolute atomic E-state index is 0.0168. The van der Waals surface area contributed by atoms with Crippen molar-refractivity contribution < 1.29 is 18.8 Å². The van der Waals surface area contributed by atoms with E-state index in [2.05, 4.69) is 5.32 Å². The minimum atomic E-state index is -0.574. The Labute approximate surface area is 176 Å². The first-order valence-corrected chi connectivity index (χ1v) is 10.3. The van der Waals surface area contributed by atoms with Crippen LogP contribution < -0.4 is 5.32 Å². The summed E-state index contributed by atoms with van der Waals surface area (Å²) in [6, 6.07) is 19.7. The third kappa shape index (κ3) is 3.97. The molecule has 0 bridgehead atoms. The second-order valence-electron chi connectivity index (χ2n) is 6.61. The number of anilines is 1. The molecule has 1 aliphatic heterocycles. The van der Waals surface area contributed by atoms with Gasteiger partial charge in [0.1, 0.15) is 5.82 Å². The van der Waals surface area contributed by atoms with Crippen molar-refractivity contribution in [3.05, 3.63) is 95.3 Å². The van der Waals surface area contributed by atoms with Crippen molar-refractivity contribution in [1.29, 1.82) is 0 Å². The second kappa shape index (κ2) is 8.51. The van der Waals surface area contributed by atoms with Crippen LogP contribution in [-0.4, -0.2) is 34.9 Å². The van der Waals surface area contributed by atoms with E-state index in [4.69, 9.17) is 0 Å². The molecule has 5 nitrogen and oxygen atoms in total. The van der Waals surface area contributed by atoms with Crippen molar-refractivity contribution in [2.75, 3.05) is 17.6 Å². The Balaban J connectivity index is 1.32. The topological polar surface area (TPSA) is 66.5 Å². The van der Waals surface area contributed by atoms with Gasteiger partial charge in [-0.25, -0.2) is 4.39 Å². The van der Waals surface area contributed by atoms with Gasteiger partial charge in [0.2, 0.25) is 0 Å². The van der Waals surface area contributed by atoms with E-state index in [1.807, 2.05) is 12.1 Å². The quantitative estimate of drug-likeness (QED) is 0.472. The third-order valence-corrected chi connectivity index (χ3v) is 5.68. The van der Waals surface area contributed by atoms with Gasteiger partial charge in [0.15, 0.2) is 0 Å². The molecule has 0 aromatic heterocycles. The average Bonchev–Trinajstić information content (AvgIpc) is 3.00. The number of hydrogen-bond donors (Lipinski definition) is 1. The Hall–Kier alpha value is -3.45. The standard InChI is InChI=1S/C23H17FN2O3S/c24-20-8-4-3-7-19(20)21(27)25-15-9-11-16(12-10-15)30-14-13-26-22(28)17-5-1-2-6-18(17)23(26)29/h1-12H,13-14H2,(H,25,27). The highest BCUT2D eigenvalue weighted by molar-refractivity contribution is 7.99. The fraction of sp³-hybridized carbons (Fsp3) is 0.0870. The van der Waals surface area contributed by atoms with Crippen LogP contribution >= 0.6 is 11.8 Å². The third-order valence-electron chi connectivity index (χ3n) is 4.69. The summed E-state index contributed by atoms with van der Waals surface area (Å²) in [6.45, 7) is 0.308. The van der Waals surface area contributed by atoms with Gasteiger partial charge in [-0.15, -0.1) is 11.8 Å². The molecule has 1 aliphatic rings. The number of benzene rings is 3. The lowest BCUT2D eigenvalue weighted by molar-refractivity contribution is 0.0664. The van der Waals surface area contributed by atoms with Crippen LogP contribution in [0, 0.1) is 5.82 Å². The normalized spacial score (nSPS) is 12.8. The molecule has 3 amide bonds. The van der Waals surface area contributed by atoms with Gasteiger partial charge >= 0.3 is 0 Å². The van der Waals surface area contributed by atoms with Gasteiger partial charge in [-0.05, 0) is 48.5 Å². The summed E-state index contributed by atoms with van der Waals surface area (Å²) in [5, 5.41) is 2.66. The van der Waals surface area contributed by atoms with E-state index < -0.39 is 11.7 Å². The molecule has 0 atom stereocenters. The SMILES string of the molecule is O=C(Nc1ccc(SCCN2C(=O)c3ccccc3C2=O)cc1)c1ccccc1F. The van der Waals surface area contributed by atoms with Crippen LogP contribution in [0.25, 0.3) is 0 Å². The number of nitrogens with one attached hydrogen (secondary N) is 1. The van der Waals surface area contributed by atoms with Gasteiger partial charge in [-0.1, -0.05) is 24.3 Å². The number of rotatable bonds is 6. The molecule has 7 heteroatoms. The van der Waals surface area contributed by atoms with Crippen molar-refractivity contribution in [2.45, 2.75) is 4.90 Å². The Kier molecular flexibility index (Phi) is 5.63. The highest BCUT2D eigenvalue weighted by Gasteiger charge is 2.34. The van der Waals surface area contributed by atoms with Gasteiger partial charge in [0.05, 0.1) is 16.7 Å². The maximum absolute atomic E-state index is 13.7. The summed E-state index contributed by atoms with van der Waals surface area (Å²) >= 11 is 1.50. The molecule has 1 N–H and O–H groups in total. The van der Waals surface area contributed by atoms with Crippen LogP contribution in [0.1, 0.15) is 31.1 Å². The van der Waals surface area contributed by atoms with E-state index in [1.54, 1.807) is 42.5 Å². The number of halogens is 1. The van der Waals surface area contributed by atoms with Crippen molar-refractivity contribution >= 4 is 35.2 Å². The molecule has 0 unspecified atom stereocenters. The van der Waals surface area contributed by atoms with E-state index in [9.17, 15) is 18.8 Å². The van der Waals surface area contributed by atoms with Crippen LogP contribution in [0.3, 0.4) is 0 Å². The second-order valence-corrected chi connectivity index (χ2v) is 7.78. The maximum atomic E-state index is 13.7. The molecule has 0 saturated heterocycles. The van der Waals surface area contributed by atoms with Crippen LogP contribution in [0.15, 0.2) is 77.7 Å². The first-order valence-electron chi connectivity index (χ1n) is 9.28. The van der Waals surface area contributed by atoms with Gasteiger partial charge in [0.25, 0.3) is 17.7 Å². The predicted molar refractivity (Wildman–Crippen MR) is 113 cm³/mol. The summed E-state index contributed by atoms with van der Waals surface area (Å²) in [5.41, 5.74) is 1.43. The van der Waals surface area contributed by atoms with Crippen LogP contribution in [0.4, 0.5) is 10.1 Å². The molecule has 150 valence electrons. The molecule has 0 radical (unpaired) electrons. The summed E-state index contributed by atoms with van der Waals surface area (Å²) in [7, 11) is 0. The molecule has 3 aromatic rings. The zero-order valence-corrected chi connectivity index (χ0v) is 16.6. The summed E-state index contributed by atoms with van der Waals surface area (Å²) < 4.78 is 13.7. The van der Waals surface area contributed by atoms with Gasteiger partial charge < -0.3 is 5.32 Å². The van der Waals surface area contributed by atoms with E-state index in [-0.39, 0.29) is 17.4 Å². The highest BCUT2D eigenvalue weighted by Crippen LogP contribution is 2.25. The number of thioether (sulfide) groups is 1. The predicted octanol–water partition coefficient (Wildman–Crippen LogP) is 4.47. The summed E-state index contributed by atoms with van der Waals surface area (Å²) in [5.74, 6) is -1.06. The monoisotopic (exact) mass is 420 g/mol. The first kappa shape index (κ1) is 19.8. The van der Waals surface area contributed by atoms with E-state index in [0.29, 0.717) is 29.1 Å². The number of fused-ring (bicyclic) bond motifs is 1. The van der Waals surface area contributed by atoms with Gasteiger partial charge in [-0.2, -0.15) is 0 Å². The van der Waals surface area contributed by atoms with Crippen LogP contribution in [-0.2, 0) is 0 Å². The lowest BCUT2D eigenvalue weighted by Crippen LogP contribution is -2.31. The molecular weight excluding hydrogens is 403 g/mol. The molecule has 0 fully saturated rings. The van der Waals surface area contributed by atoms with E-state index in [0.717, 1.165) is 4.90 Å². The number of carbonyl (C=O) groups is 3. The number of hydrogen-bond acceptors (Lipinski definition) is 4. The lowest BCUT2D eigenvalue weighted by Gasteiger charge is -2.13. The molecule has 0 aliphatic carbocycles. The fourth-order valence-corrected chi connectivity index (χ4v) is 4.01. The van der Waals surface area contributed by atoms with E-state index in [1.165, 1.54) is 34.9 Å². The average molecular weight is 420 g/mol. The largest absolute Gasteiger partial charge is 0.322 e. The van der Waals surface area contributed by atoms with E-state index >= 15 is 0 Å². The smallest absolute Gasteiger partial charge is 0.261 e. The Morgan fingerprint density at radius 2 is 1.47 bits per heavy atom. The molecule has 30 heavy (non-hydrogen) atoms. The summed E-state index contributed by atoms with van der Waals surface area (Å²) in [6.07, 6.45) is 0. The Morgan fingerprint density at radius 1 is 0.867 bits per heavy atom. The fourth-order valence-electron chi connectivity index (χ4n) is 3.18. The zero-order valence-electron chi connectivity index (χ0n) is 15.8. The van der Waals surface area contributed by atoms with Crippen molar-refractivity contribution in [3.63, 3.8) is 0 Å². The Morgan fingerprint density at radius 3 is 2.10 bits per heavy atom.